The molecule has 14 nitrogen and oxygen atoms in total. The molecule has 0 saturated carbocycles. The number of carbonyl (C=O) groups is 1. The molecule has 0 N–H and O–H groups in total. The van der Waals surface area contributed by atoms with Crippen LogP contribution >= 0.6 is 0 Å². The van der Waals surface area contributed by atoms with Crippen LogP contribution in [0.3, 0.4) is 0 Å². The molecular formula is C25H18N4O10. The number of hydrogen-bond donors (Lipinski definition) is 0. The summed E-state index contributed by atoms with van der Waals surface area (Å²) in [6.07, 6.45) is 1.40. The summed E-state index contributed by atoms with van der Waals surface area (Å²) in [6.45, 7) is 3.49. The number of aryl methyl sites for hydroxylation is 1. The third-order valence-electron chi connectivity index (χ3n) is 5.41. The molecule has 0 saturated heterocycles. The highest BCUT2D eigenvalue weighted by Gasteiger charge is 2.26. The number of non-ortho nitro benzene ring substituents is 1. The highest BCUT2D eigenvalue weighted by atomic mass is 16.6. The van der Waals surface area contributed by atoms with Crippen molar-refractivity contribution in [1.29, 1.82) is 0 Å². The van der Waals surface area contributed by atoms with E-state index >= 15 is 0 Å². The molecule has 0 amide bonds. The first-order valence-corrected chi connectivity index (χ1v) is 11.2. The number of rotatable bonds is 9. The maximum Gasteiger partial charge on any atom is 0.363 e. The zero-order chi connectivity index (χ0) is 28.3. The number of benzene rings is 3. The molecular weight excluding hydrogens is 516 g/mol. The number of nitrogens with zero attached hydrogens (tertiary/aromatic N) is 4. The van der Waals surface area contributed by atoms with Gasteiger partial charge in [-0.25, -0.2) is 9.79 Å². The summed E-state index contributed by atoms with van der Waals surface area (Å²) in [5, 5.41) is 33.7. The van der Waals surface area contributed by atoms with Crippen molar-refractivity contribution in [3.05, 3.63) is 107 Å². The zero-order valence-electron chi connectivity index (χ0n) is 20.4. The SMILES string of the molecule is CCOc1cc(/C=C2\N=C(c3ccc(C)c([N+](=O)[O-])c3)OC2=O)ccc1Oc1ccc([N+](=O)[O-])cc1[N+](=O)[O-]. The minimum atomic E-state index is -0.800. The van der Waals surface area contributed by atoms with E-state index < -0.39 is 32.1 Å². The fourth-order valence-corrected chi connectivity index (χ4v) is 3.56. The monoisotopic (exact) mass is 534 g/mol. The molecule has 3 aromatic rings. The Morgan fingerprint density at radius 1 is 0.872 bits per heavy atom. The lowest BCUT2D eigenvalue weighted by molar-refractivity contribution is -0.394. The Morgan fingerprint density at radius 3 is 2.26 bits per heavy atom. The number of ether oxygens (including phenoxy) is 3. The minimum absolute atomic E-state index is 0.0737. The third kappa shape index (κ3) is 5.69. The van der Waals surface area contributed by atoms with Crippen LogP contribution < -0.4 is 9.47 Å². The molecule has 0 bridgehead atoms. The van der Waals surface area contributed by atoms with Crippen LogP contribution in [0.5, 0.6) is 17.2 Å². The van der Waals surface area contributed by atoms with Crippen molar-refractivity contribution < 1.29 is 33.8 Å². The van der Waals surface area contributed by atoms with Crippen LogP contribution in [0, 0.1) is 37.3 Å². The standard InChI is InChI=1S/C25H18N4O10/c1-3-37-23-11-15(5-8-22(23)38-21-9-7-17(27(31)32)13-20(21)29(35)36)10-18-25(30)39-24(26-18)16-6-4-14(2)19(12-16)28(33)34/h4-13H,3H2,1-2H3/b18-10-. The van der Waals surface area contributed by atoms with Gasteiger partial charge in [-0.2, -0.15) is 0 Å². The summed E-state index contributed by atoms with van der Waals surface area (Å²) in [5.74, 6) is -0.846. The van der Waals surface area contributed by atoms with E-state index in [1.54, 1.807) is 19.9 Å². The lowest BCUT2D eigenvalue weighted by Gasteiger charge is -2.12. The predicted octanol–water partition coefficient (Wildman–Crippen LogP) is 5.26. The van der Waals surface area contributed by atoms with Gasteiger partial charge in [0.15, 0.2) is 17.2 Å². The lowest BCUT2D eigenvalue weighted by atomic mass is 10.1. The molecule has 198 valence electrons. The largest absolute Gasteiger partial charge is 0.490 e. The Labute approximate surface area is 219 Å². The quantitative estimate of drug-likeness (QED) is 0.152. The normalized spacial score (nSPS) is 13.5. The van der Waals surface area contributed by atoms with Crippen LogP contribution in [0.15, 0.2) is 65.3 Å². The smallest absolute Gasteiger partial charge is 0.363 e. The molecule has 4 rings (SSSR count). The number of nitro groups is 3. The topological polar surface area (TPSA) is 187 Å². The summed E-state index contributed by atoms with van der Waals surface area (Å²) >= 11 is 0. The van der Waals surface area contributed by atoms with Gasteiger partial charge < -0.3 is 14.2 Å². The van der Waals surface area contributed by atoms with Gasteiger partial charge in [-0.05, 0) is 49.8 Å². The number of aliphatic imine (C=N–C) groups is 1. The fraction of sp³-hybridized carbons (Fsp3) is 0.120. The highest BCUT2D eigenvalue weighted by Crippen LogP contribution is 2.39. The van der Waals surface area contributed by atoms with Gasteiger partial charge in [0.05, 0.1) is 27.4 Å². The van der Waals surface area contributed by atoms with Gasteiger partial charge in [0.25, 0.3) is 11.4 Å². The molecule has 0 unspecified atom stereocenters. The number of carbonyl (C=O) groups excluding carboxylic acids is 1. The van der Waals surface area contributed by atoms with Crippen molar-refractivity contribution in [3.63, 3.8) is 0 Å². The van der Waals surface area contributed by atoms with Gasteiger partial charge in [-0.15, -0.1) is 0 Å². The molecule has 0 fully saturated rings. The van der Waals surface area contributed by atoms with Crippen LogP contribution in [-0.4, -0.2) is 33.2 Å². The summed E-state index contributed by atoms with van der Waals surface area (Å²) in [5.41, 5.74) is -0.156. The van der Waals surface area contributed by atoms with Crippen molar-refractivity contribution in [2.24, 2.45) is 4.99 Å². The van der Waals surface area contributed by atoms with E-state index in [4.69, 9.17) is 14.2 Å². The molecule has 0 aromatic heterocycles. The second-order valence-corrected chi connectivity index (χ2v) is 8.00. The van der Waals surface area contributed by atoms with Gasteiger partial charge in [0, 0.05) is 23.3 Å². The average molecular weight is 534 g/mol. The second-order valence-electron chi connectivity index (χ2n) is 8.00. The summed E-state index contributed by atoms with van der Waals surface area (Å²) < 4.78 is 16.5. The van der Waals surface area contributed by atoms with E-state index in [-0.39, 0.29) is 46.7 Å². The van der Waals surface area contributed by atoms with Crippen LogP contribution in [0.2, 0.25) is 0 Å². The molecule has 3 aromatic carbocycles. The summed E-state index contributed by atoms with van der Waals surface area (Å²) in [7, 11) is 0. The van der Waals surface area contributed by atoms with Crippen LogP contribution in [0.1, 0.15) is 23.6 Å². The molecule has 1 aliphatic rings. The fourth-order valence-electron chi connectivity index (χ4n) is 3.56. The second kappa shape index (κ2) is 10.8. The summed E-state index contributed by atoms with van der Waals surface area (Å²) in [6, 6.07) is 11.8. The van der Waals surface area contributed by atoms with Gasteiger partial charge in [0.2, 0.25) is 11.6 Å². The van der Waals surface area contributed by atoms with Crippen molar-refractivity contribution in [3.8, 4) is 17.2 Å². The molecule has 39 heavy (non-hydrogen) atoms. The Hall–Kier alpha value is -5.66. The van der Waals surface area contributed by atoms with Gasteiger partial charge >= 0.3 is 11.7 Å². The van der Waals surface area contributed by atoms with E-state index in [2.05, 4.69) is 4.99 Å². The van der Waals surface area contributed by atoms with Crippen LogP contribution in [0.25, 0.3) is 6.08 Å². The maximum absolute atomic E-state index is 12.4. The number of esters is 1. The first kappa shape index (κ1) is 26.4. The maximum atomic E-state index is 12.4. The van der Waals surface area contributed by atoms with Crippen molar-refractivity contribution in [2.75, 3.05) is 6.61 Å². The van der Waals surface area contributed by atoms with E-state index in [1.165, 1.54) is 36.4 Å². The van der Waals surface area contributed by atoms with E-state index in [0.29, 0.717) is 11.1 Å². The Morgan fingerprint density at radius 2 is 1.59 bits per heavy atom. The molecule has 0 atom stereocenters. The third-order valence-corrected chi connectivity index (χ3v) is 5.41. The molecule has 0 aliphatic carbocycles. The highest BCUT2D eigenvalue weighted by molar-refractivity contribution is 6.13. The van der Waals surface area contributed by atoms with Crippen LogP contribution in [-0.2, 0) is 9.53 Å². The first-order chi connectivity index (χ1) is 18.6. The Balaban J connectivity index is 1.66. The Kier molecular flexibility index (Phi) is 7.28. The summed E-state index contributed by atoms with van der Waals surface area (Å²) in [4.78, 5) is 48.2. The van der Waals surface area contributed by atoms with Crippen molar-refractivity contribution in [2.45, 2.75) is 13.8 Å². The van der Waals surface area contributed by atoms with E-state index in [9.17, 15) is 35.1 Å². The average Bonchev–Trinajstić information content (AvgIpc) is 3.25. The van der Waals surface area contributed by atoms with Crippen LogP contribution in [0.4, 0.5) is 17.1 Å². The molecule has 0 radical (unpaired) electrons. The number of cyclic esters (lactones) is 1. The molecule has 1 heterocycles. The van der Waals surface area contributed by atoms with Gasteiger partial charge in [0.1, 0.15) is 0 Å². The first-order valence-electron chi connectivity index (χ1n) is 11.2. The molecule has 1 aliphatic heterocycles. The van der Waals surface area contributed by atoms with Crippen molar-refractivity contribution >= 4 is 35.0 Å². The molecule has 0 spiro atoms. The van der Waals surface area contributed by atoms with E-state index in [0.717, 1.165) is 18.2 Å². The van der Waals surface area contributed by atoms with Crippen molar-refractivity contribution in [1.82, 2.24) is 0 Å². The molecule has 14 heteroatoms. The Bertz CT molecular complexity index is 1600. The van der Waals surface area contributed by atoms with Gasteiger partial charge in [-0.3, -0.25) is 30.3 Å². The zero-order valence-corrected chi connectivity index (χ0v) is 20.4. The van der Waals surface area contributed by atoms with Gasteiger partial charge in [-0.1, -0.05) is 12.1 Å². The predicted molar refractivity (Wildman–Crippen MR) is 136 cm³/mol. The lowest BCUT2D eigenvalue weighted by Crippen LogP contribution is -2.06. The number of nitro benzene ring substituents is 3. The van der Waals surface area contributed by atoms with E-state index in [1.807, 2.05) is 0 Å². The number of hydrogen-bond acceptors (Lipinski definition) is 11. The minimum Gasteiger partial charge on any atom is -0.490 e.